The van der Waals surface area contributed by atoms with Crippen molar-refractivity contribution in [1.29, 1.82) is 0 Å². The molecule has 0 radical (unpaired) electrons. The minimum atomic E-state index is -0.202. The van der Waals surface area contributed by atoms with E-state index in [-0.39, 0.29) is 12.0 Å². The van der Waals surface area contributed by atoms with Crippen molar-refractivity contribution in [3.05, 3.63) is 52.5 Å². The molecule has 0 heterocycles. The predicted octanol–water partition coefficient (Wildman–Crippen LogP) is 4.07. The molecule has 3 N–H and O–H groups in total. The fourth-order valence-corrected chi connectivity index (χ4v) is 2.02. The molecule has 0 aliphatic carbocycles. The molecule has 0 saturated carbocycles. The molecule has 0 aromatic heterocycles. The average molecular weight is 349 g/mol. The second kappa shape index (κ2) is 6.63. The number of nitrogens with two attached hydrogens (primary N) is 1. The molecule has 110 valence electrons. The summed E-state index contributed by atoms with van der Waals surface area (Å²) in [5, 5.41) is 2.82. The van der Waals surface area contributed by atoms with Gasteiger partial charge in [-0.1, -0.05) is 0 Å². The maximum Gasteiger partial charge on any atom is 0.255 e. The van der Waals surface area contributed by atoms with Crippen LogP contribution in [0.2, 0.25) is 0 Å². The Labute approximate surface area is 132 Å². The van der Waals surface area contributed by atoms with E-state index in [9.17, 15) is 4.79 Å². The third-order valence-electron chi connectivity index (χ3n) is 2.74. The van der Waals surface area contributed by atoms with Gasteiger partial charge in [0.05, 0.1) is 6.10 Å². The third-order valence-corrected chi connectivity index (χ3v) is 3.46. The highest BCUT2D eigenvalue weighted by Crippen LogP contribution is 2.21. The van der Waals surface area contributed by atoms with Gasteiger partial charge >= 0.3 is 0 Å². The Morgan fingerprint density at radius 1 is 1.19 bits per heavy atom. The van der Waals surface area contributed by atoms with E-state index in [4.69, 9.17) is 10.5 Å². The van der Waals surface area contributed by atoms with Gasteiger partial charge in [0, 0.05) is 21.4 Å². The van der Waals surface area contributed by atoms with Gasteiger partial charge in [-0.15, -0.1) is 0 Å². The standard InChI is InChI=1S/C16H17BrN2O2/c1-10(2)21-13-6-4-12(5-7-13)19-16(20)11-3-8-14(17)15(18)9-11/h3-10H,18H2,1-2H3,(H,19,20). The Bertz CT molecular complexity index is 639. The summed E-state index contributed by atoms with van der Waals surface area (Å²) in [5.41, 5.74) is 7.52. The zero-order valence-corrected chi connectivity index (χ0v) is 13.5. The smallest absolute Gasteiger partial charge is 0.255 e. The van der Waals surface area contributed by atoms with E-state index >= 15 is 0 Å². The molecular formula is C16H17BrN2O2. The number of benzene rings is 2. The lowest BCUT2D eigenvalue weighted by atomic mass is 10.2. The number of hydrogen-bond acceptors (Lipinski definition) is 3. The lowest BCUT2D eigenvalue weighted by Gasteiger charge is -2.11. The van der Waals surface area contributed by atoms with Crippen molar-refractivity contribution >= 4 is 33.2 Å². The molecular weight excluding hydrogens is 332 g/mol. The summed E-state index contributed by atoms with van der Waals surface area (Å²) in [5.74, 6) is 0.572. The van der Waals surface area contributed by atoms with E-state index in [0.717, 1.165) is 10.2 Å². The van der Waals surface area contributed by atoms with Crippen LogP contribution in [-0.2, 0) is 0 Å². The summed E-state index contributed by atoms with van der Waals surface area (Å²) in [7, 11) is 0. The van der Waals surface area contributed by atoms with Gasteiger partial charge in [-0.2, -0.15) is 0 Å². The molecule has 0 aliphatic rings. The van der Waals surface area contributed by atoms with Crippen molar-refractivity contribution in [3.63, 3.8) is 0 Å². The highest BCUT2D eigenvalue weighted by molar-refractivity contribution is 9.10. The molecule has 0 unspecified atom stereocenters. The number of amides is 1. The van der Waals surface area contributed by atoms with Crippen molar-refractivity contribution in [2.75, 3.05) is 11.1 Å². The fraction of sp³-hybridized carbons (Fsp3) is 0.188. The Balaban J connectivity index is 2.06. The number of carbonyl (C=O) groups is 1. The number of carbonyl (C=O) groups excluding carboxylic acids is 1. The molecule has 0 bridgehead atoms. The SMILES string of the molecule is CC(C)Oc1ccc(NC(=O)c2ccc(Br)c(N)c2)cc1. The van der Waals surface area contributed by atoms with Crippen molar-refractivity contribution < 1.29 is 9.53 Å². The Kier molecular flexibility index (Phi) is 4.85. The summed E-state index contributed by atoms with van der Waals surface area (Å²) in [6, 6.07) is 12.4. The number of ether oxygens (including phenoxy) is 1. The number of hydrogen-bond donors (Lipinski definition) is 2. The zero-order chi connectivity index (χ0) is 15.4. The van der Waals surface area contributed by atoms with Gasteiger partial charge in [-0.3, -0.25) is 4.79 Å². The topological polar surface area (TPSA) is 64.3 Å². The van der Waals surface area contributed by atoms with Crippen LogP contribution in [0.4, 0.5) is 11.4 Å². The Morgan fingerprint density at radius 3 is 2.43 bits per heavy atom. The summed E-state index contributed by atoms with van der Waals surface area (Å²) in [6.07, 6.45) is 0.121. The second-order valence-corrected chi connectivity index (χ2v) is 5.74. The monoisotopic (exact) mass is 348 g/mol. The van der Waals surface area contributed by atoms with Gasteiger partial charge in [0.15, 0.2) is 0 Å². The van der Waals surface area contributed by atoms with Crippen molar-refractivity contribution in [1.82, 2.24) is 0 Å². The summed E-state index contributed by atoms with van der Waals surface area (Å²) >= 11 is 3.30. The fourth-order valence-electron chi connectivity index (χ4n) is 1.78. The Morgan fingerprint density at radius 2 is 1.86 bits per heavy atom. The van der Waals surface area contributed by atoms with Crippen molar-refractivity contribution in [3.8, 4) is 5.75 Å². The van der Waals surface area contributed by atoms with Crippen LogP contribution in [0.25, 0.3) is 0 Å². The van der Waals surface area contributed by atoms with Gasteiger partial charge in [-0.05, 0) is 72.2 Å². The first-order valence-electron chi connectivity index (χ1n) is 6.59. The maximum absolute atomic E-state index is 12.1. The molecule has 2 aromatic rings. The van der Waals surface area contributed by atoms with Crippen LogP contribution in [0, 0.1) is 0 Å². The van der Waals surface area contributed by atoms with Gasteiger partial charge in [0.1, 0.15) is 5.75 Å². The van der Waals surface area contributed by atoms with Crippen molar-refractivity contribution in [2.24, 2.45) is 0 Å². The molecule has 0 spiro atoms. The summed E-state index contributed by atoms with van der Waals surface area (Å²) in [6.45, 7) is 3.93. The van der Waals surface area contributed by atoms with Gasteiger partial charge in [0.25, 0.3) is 5.91 Å². The molecule has 0 atom stereocenters. The lowest BCUT2D eigenvalue weighted by molar-refractivity contribution is 0.102. The van der Waals surface area contributed by atoms with Crippen LogP contribution in [-0.4, -0.2) is 12.0 Å². The highest BCUT2D eigenvalue weighted by Gasteiger charge is 2.08. The first-order chi connectivity index (χ1) is 9.95. The first kappa shape index (κ1) is 15.4. The average Bonchev–Trinajstić information content (AvgIpc) is 2.43. The van der Waals surface area contributed by atoms with Crippen LogP contribution in [0.15, 0.2) is 46.9 Å². The van der Waals surface area contributed by atoms with E-state index in [1.165, 1.54) is 0 Å². The molecule has 0 fully saturated rings. The van der Waals surface area contributed by atoms with Crippen LogP contribution >= 0.6 is 15.9 Å². The number of nitrogen functional groups attached to an aromatic ring is 1. The molecule has 0 aliphatic heterocycles. The van der Waals surface area contributed by atoms with E-state index in [0.29, 0.717) is 16.9 Å². The molecule has 0 saturated heterocycles. The zero-order valence-electron chi connectivity index (χ0n) is 11.9. The first-order valence-corrected chi connectivity index (χ1v) is 7.38. The van der Waals surface area contributed by atoms with Crippen molar-refractivity contribution in [2.45, 2.75) is 20.0 Å². The summed E-state index contributed by atoms with van der Waals surface area (Å²) in [4.78, 5) is 12.1. The van der Waals surface area contributed by atoms with Crippen LogP contribution in [0.1, 0.15) is 24.2 Å². The molecule has 1 amide bonds. The molecule has 5 heteroatoms. The number of rotatable bonds is 4. The quantitative estimate of drug-likeness (QED) is 0.818. The molecule has 2 rings (SSSR count). The largest absolute Gasteiger partial charge is 0.491 e. The second-order valence-electron chi connectivity index (χ2n) is 4.88. The third kappa shape index (κ3) is 4.23. The van der Waals surface area contributed by atoms with Gasteiger partial charge < -0.3 is 15.8 Å². The van der Waals surface area contributed by atoms with E-state index in [1.54, 1.807) is 30.3 Å². The van der Waals surface area contributed by atoms with Gasteiger partial charge in [0.2, 0.25) is 0 Å². The number of halogens is 1. The number of nitrogens with one attached hydrogen (secondary N) is 1. The summed E-state index contributed by atoms with van der Waals surface area (Å²) < 4.78 is 6.33. The minimum absolute atomic E-state index is 0.121. The van der Waals surface area contributed by atoms with E-state index in [2.05, 4.69) is 21.2 Å². The van der Waals surface area contributed by atoms with Crippen LogP contribution in [0.3, 0.4) is 0 Å². The molecule has 4 nitrogen and oxygen atoms in total. The predicted molar refractivity (Wildman–Crippen MR) is 88.7 cm³/mol. The molecule has 2 aromatic carbocycles. The van der Waals surface area contributed by atoms with E-state index < -0.39 is 0 Å². The van der Waals surface area contributed by atoms with Crippen LogP contribution < -0.4 is 15.8 Å². The van der Waals surface area contributed by atoms with Crippen LogP contribution in [0.5, 0.6) is 5.75 Å². The molecule has 21 heavy (non-hydrogen) atoms. The maximum atomic E-state index is 12.1. The number of anilines is 2. The van der Waals surface area contributed by atoms with Gasteiger partial charge in [-0.25, -0.2) is 0 Å². The normalized spacial score (nSPS) is 10.5. The van der Waals surface area contributed by atoms with E-state index in [1.807, 2.05) is 26.0 Å². The highest BCUT2D eigenvalue weighted by atomic mass is 79.9. The lowest BCUT2D eigenvalue weighted by Crippen LogP contribution is -2.12. The Hall–Kier alpha value is -2.01. The minimum Gasteiger partial charge on any atom is -0.491 e.